The molecular weight excluding hydrogens is 240 g/mol. The van der Waals surface area contributed by atoms with Gasteiger partial charge in [0.1, 0.15) is 6.33 Å². The van der Waals surface area contributed by atoms with Gasteiger partial charge in [0.2, 0.25) is 5.91 Å². The summed E-state index contributed by atoms with van der Waals surface area (Å²) in [7, 11) is 0. The fraction of sp³-hybridized carbons (Fsp3) is 0.643. The van der Waals surface area contributed by atoms with E-state index in [2.05, 4.69) is 21.8 Å². The van der Waals surface area contributed by atoms with Crippen LogP contribution >= 0.6 is 0 Å². The Bertz CT molecular complexity index is 443. The van der Waals surface area contributed by atoms with Crippen LogP contribution in [-0.4, -0.2) is 45.3 Å². The number of likely N-dealkylation sites (tertiary alicyclic amines) is 1. The average molecular weight is 260 g/mol. The third-order valence-corrected chi connectivity index (χ3v) is 4.14. The van der Waals surface area contributed by atoms with Crippen molar-refractivity contribution in [2.75, 3.05) is 19.6 Å². The molecule has 19 heavy (non-hydrogen) atoms. The molecule has 0 bridgehead atoms. The Kier molecular flexibility index (Phi) is 3.46. The van der Waals surface area contributed by atoms with Crippen LogP contribution in [-0.2, 0) is 17.9 Å². The van der Waals surface area contributed by atoms with Gasteiger partial charge in [-0.2, -0.15) is 0 Å². The SMILES string of the molecule is CC1CCN(C(=O)CN2Cc3cncnc3C2)CC1. The second-order valence-electron chi connectivity index (χ2n) is 5.70. The van der Waals surface area contributed by atoms with Gasteiger partial charge in [-0.3, -0.25) is 9.69 Å². The molecule has 0 radical (unpaired) electrons. The van der Waals surface area contributed by atoms with Gasteiger partial charge in [-0.1, -0.05) is 6.92 Å². The van der Waals surface area contributed by atoms with E-state index < -0.39 is 0 Å². The second-order valence-corrected chi connectivity index (χ2v) is 5.70. The highest BCUT2D eigenvalue weighted by Crippen LogP contribution is 2.20. The van der Waals surface area contributed by atoms with Crippen molar-refractivity contribution in [2.24, 2.45) is 5.92 Å². The van der Waals surface area contributed by atoms with Crippen LogP contribution in [0.2, 0.25) is 0 Å². The van der Waals surface area contributed by atoms with E-state index in [0.717, 1.165) is 56.2 Å². The molecule has 0 saturated carbocycles. The number of carbonyl (C=O) groups excluding carboxylic acids is 1. The molecule has 0 N–H and O–H groups in total. The van der Waals surface area contributed by atoms with Gasteiger partial charge in [-0.05, 0) is 18.8 Å². The Hall–Kier alpha value is -1.49. The van der Waals surface area contributed by atoms with Crippen molar-refractivity contribution in [3.63, 3.8) is 0 Å². The number of hydrogen-bond acceptors (Lipinski definition) is 4. The van der Waals surface area contributed by atoms with Gasteiger partial charge in [0, 0.05) is 37.9 Å². The van der Waals surface area contributed by atoms with Gasteiger partial charge < -0.3 is 4.90 Å². The molecule has 1 fully saturated rings. The number of fused-ring (bicyclic) bond motifs is 1. The number of amides is 1. The van der Waals surface area contributed by atoms with Crippen LogP contribution in [0.1, 0.15) is 31.0 Å². The fourth-order valence-corrected chi connectivity index (χ4v) is 2.83. The van der Waals surface area contributed by atoms with Gasteiger partial charge in [-0.25, -0.2) is 9.97 Å². The van der Waals surface area contributed by atoms with Crippen molar-refractivity contribution >= 4 is 5.91 Å². The van der Waals surface area contributed by atoms with Crippen LogP contribution in [0.25, 0.3) is 0 Å². The lowest BCUT2D eigenvalue weighted by molar-refractivity contribution is -0.133. The molecule has 3 heterocycles. The van der Waals surface area contributed by atoms with Crippen molar-refractivity contribution in [1.82, 2.24) is 19.8 Å². The van der Waals surface area contributed by atoms with E-state index in [-0.39, 0.29) is 5.91 Å². The molecule has 1 saturated heterocycles. The van der Waals surface area contributed by atoms with Gasteiger partial charge in [0.25, 0.3) is 0 Å². The quantitative estimate of drug-likeness (QED) is 0.797. The van der Waals surface area contributed by atoms with Gasteiger partial charge in [0.15, 0.2) is 0 Å². The molecule has 0 unspecified atom stereocenters. The minimum atomic E-state index is 0.257. The smallest absolute Gasteiger partial charge is 0.236 e. The largest absolute Gasteiger partial charge is 0.342 e. The minimum Gasteiger partial charge on any atom is -0.342 e. The highest BCUT2D eigenvalue weighted by atomic mass is 16.2. The Morgan fingerprint density at radius 1 is 1.37 bits per heavy atom. The third kappa shape index (κ3) is 2.76. The predicted molar refractivity (Wildman–Crippen MR) is 71.1 cm³/mol. The number of nitrogens with zero attached hydrogens (tertiary/aromatic N) is 4. The number of carbonyl (C=O) groups is 1. The van der Waals surface area contributed by atoms with Crippen LogP contribution in [0.5, 0.6) is 0 Å². The van der Waals surface area contributed by atoms with E-state index in [0.29, 0.717) is 6.54 Å². The normalized spacial score (nSPS) is 20.6. The maximum atomic E-state index is 12.3. The number of piperidine rings is 1. The van der Waals surface area contributed by atoms with Crippen molar-refractivity contribution < 1.29 is 4.79 Å². The van der Waals surface area contributed by atoms with Crippen LogP contribution in [0.4, 0.5) is 0 Å². The lowest BCUT2D eigenvalue weighted by atomic mass is 9.99. The third-order valence-electron chi connectivity index (χ3n) is 4.14. The van der Waals surface area contributed by atoms with Crippen molar-refractivity contribution in [3.8, 4) is 0 Å². The summed E-state index contributed by atoms with van der Waals surface area (Å²) in [5.74, 6) is 1.02. The molecule has 1 amide bonds. The first kappa shape index (κ1) is 12.5. The zero-order valence-corrected chi connectivity index (χ0v) is 11.4. The first-order valence-corrected chi connectivity index (χ1v) is 7.00. The van der Waals surface area contributed by atoms with Crippen molar-refractivity contribution in [1.29, 1.82) is 0 Å². The Balaban J connectivity index is 1.54. The second kappa shape index (κ2) is 5.25. The molecule has 0 atom stereocenters. The molecule has 0 spiro atoms. The highest BCUT2D eigenvalue weighted by Gasteiger charge is 2.25. The summed E-state index contributed by atoms with van der Waals surface area (Å²) in [5.41, 5.74) is 2.22. The monoisotopic (exact) mass is 260 g/mol. The number of aromatic nitrogens is 2. The van der Waals surface area contributed by atoms with E-state index in [1.807, 2.05) is 11.1 Å². The molecule has 0 aromatic carbocycles. The minimum absolute atomic E-state index is 0.257. The van der Waals surface area contributed by atoms with E-state index in [1.165, 1.54) is 0 Å². The molecule has 2 aliphatic rings. The summed E-state index contributed by atoms with van der Waals surface area (Å²) in [4.78, 5) is 24.7. The Morgan fingerprint density at radius 3 is 2.89 bits per heavy atom. The van der Waals surface area contributed by atoms with Crippen molar-refractivity contribution in [3.05, 3.63) is 23.8 Å². The summed E-state index contributed by atoms with van der Waals surface area (Å²) in [6.45, 7) is 6.17. The summed E-state index contributed by atoms with van der Waals surface area (Å²) in [5, 5.41) is 0. The number of rotatable bonds is 2. The fourth-order valence-electron chi connectivity index (χ4n) is 2.83. The maximum absolute atomic E-state index is 12.3. The standard InChI is InChI=1S/C14H20N4O/c1-11-2-4-18(5-3-11)14(19)9-17-7-12-6-15-10-16-13(12)8-17/h6,10-11H,2-5,7-9H2,1H3. The summed E-state index contributed by atoms with van der Waals surface area (Å²) < 4.78 is 0. The first-order chi connectivity index (χ1) is 9.22. The average Bonchev–Trinajstić information content (AvgIpc) is 2.81. The zero-order valence-electron chi connectivity index (χ0n) is 11.4. The predicted octanol–water partition coefficient (Wildman–Crippen LogP) is 1.05. The Labute approximate surface area is 113 Å². The summed E-state index contributed by atoms with van der Waals surface area (Å²) in [6.07, 6.45) is 5.71. The molecule has 5 heteroatoms. The van der Waals surface area contributed by atoms with Crippen LogP contribution < -0.4 is 0 Å². The lowest BCUT2D eigenvalue weighted by Gasteiger charge is -2.31. The van der Waals surface area contributed by atoms with Crippen LogP contribution in [0.3, 0.4) is 0 Å². The van der Waals surface area contributed by atoms with E-state index in [4.69, 9.17) is 0 Å². The molecule has 0 aliphatic carbocycles. The molecular formula is C14H20N4O. The van der Waals surface area contributed by atoms with Crippen LogP contribution in [0.15, 0.2) is 12.5 Å². The molecule has 2 aliphatic heterocycles. The molecule has 5 nitrogen and oxygen atoms in total. The molecule has 3 rings (SSSR count). The van der Waals surface area contributed by atoms with E-state index in [9.17, 15) is 4.79 Å². The lowest BCUT2D eigenvalue weighted by Crippen LogP contribution is -2.42. The highest BCUT2D eigenvalue weighted by molar-refractivity contribution is 5.78. The number of hydrogen-bond donors (Lipinski definition) is 0. The molecule has 1 aromatic rings. The van der Waals surface area contributed by atoms with Crippen LogP contribution in [0, 0.1) is 5.92 Å². The maximum Gasteiger partial charge on any atom is 0.236 e. The summed E-state index contributed by atoms with van der Waals surface area (Å²) in [6, 6.07) is 0. The topological polar surface area (TPSA) is 49.3 Å². The Morgan fingerprint density at radius 2 is 2.16 bits per heavy atom. The zero-order chi connectivity index (χ0) is 13.2. The molecule has 102 valence electrons. The van der Waals surface area contributed by atoms with Gasteiger partial charge in [-0.15, -0.1) is 0 Å². The molecule has 1 aromatic heterocycles. The first-order valence-electron chi connectivity index (χ1n) is 7.00. The van der Waals surface area contributed by atoms with E-state index >= 15 is 0 Å². The van der Waals surface area contributed by atoms with E-state index in [1.54, 1.807) is 6.33 Å². The van der Waals surface area contributed by atoms with Gasteiger partial charge >= 0.3 is 0 Å². The van der Waals surface area contributed by atoms with Gasteiger partial charge in [0.05, 0.1) is 12.2 Å². The van der Waals surface area contributed by atoms with Crippen molar-refractivity contribution in [2.45, 2.75) is 32.9 Å². The summed E-state index contributed by atoms with van der Waals surface area (Å²) >= 11 is 0.